The monoisotopic (exact) mass is 690 g/mol. The summed E-state index contributed by atoms with van der Waals surface area (Å²) in [6.45, 7) is 8.15. The van der Waals surface area contributed by atoms with Gasteiger partial charge in [0.15, 0.2) is 11.4 Å². The van der Waals surface area contributed by atoms with E-state index in [4.69, 9.17) is 9.47 Å². The van der Waals surface area contributed by atoms with Gasteiger partial charge in [-0.15, -0.1) is 0 Å². The molecule has 16 heteroatoms. The van der Waals surface area contributed by atoms with E-state index in [0.29, 0.717) is 24.1 Å². The molecular weight excluding hydrogens is 655 g/mol. The summed E-state index contributed by atoms with van der Waals surface area (Å²) in [4.78, 5) is 49.8. The van der Waals surface area contributed by atoms with Gasteiger partial charge in [-0.05, 0) is 62.8 Å². The lowest BCUT2D eigenvalue weighted by molar-refractivity contribution is -0.189. The fourth-order valence-corrected chi connectivity index (χ4v) is 5.12. The Bertz CT molecular complexity index is 1870. The topological polar surface area (TPSA) is 128 Å². The first kappa shape index (κ1) is 36.9. The molecule has 4 rings (SSSR count). The number of anilines is 1. The summed E-state index contributed by atoms with van der Waals surface area (Å²) in [6.07, 6.45) is -4.84. The average molecular weight is 691 g/mol. The van der Waals surface area contributed by atoms with Crippen molar-refractivity contribution < 1.29 is 41.0 Å². The van der Waals surface area contributed by atoms with Crippen LogP contribution in [0, 0.1) is 18.6 Å². The Morgan fingerprint density at radius 3 is 2.31 bits per heavy atom. The number of ether oxygens (including phenoxy) is 2. The van der Waals surface area contributed by atoms with Crippen molar-refractivity contribution in [2.45, 2.75) is 33.4 Å². The predicted octanol–water partition coefficient (Wildman–Crippen LogP) is 5.02. The van der Waals surface area contributed by atoms with Gasteiger partial charge < -0.3 is 25.0 Å². The van der Waals surface area contributed by atoms with Crippen molar-refractivity contribution in [2.24, 2.45) is 0 Å². The van der Waals surface area contributed by atoms with E-state index in [1.54, 1.807) is 0 Å². The number of hydrogen-bond acceptors (Lipinski definition) is 9. The van der Waals surface area contributed by atoms with Crippen molar-refractivity contribution in [3.05, 3.63) is 75.6 Å². The molecule has 0 radical (unpaired) electrons. The minimum Gasteiger partial charge on any atom is -0.418 e. The normalized spacial score (nSPS) is 11.6. The highest BCUT2D eigenvalue weighted by molar-refractivity contribution is 6.03. The molecular formula is C33H35F5N6O5. The van der Waals surface area contributed by atoms with Gasteiger partial charge >= 0.3 is 12.1 Å². The van der Waals surface area contributed by atoms with E-state index < -0.39 is 52.2 Å². The summed E-state index contributed by atoms with van der Waals surface area (Å²) >= 11 is 0. The third-order valence-electron chi connectivity index (χ3n) is 7.61. The molecule has 0 aliphatic carbocycles. The molecule has 11 nitrogen and oxygen atoms in total. The Morgan fingerprint density at radius 2 is 1.67 bits per heavy atom. The summed E-state index contributed by atoms with van der Waals surface area (Å²) in [7, 11) is 1.38. The summed E-state index contributed by atoms with van der Waals surface area (Å²) in [5.41, 5.74) is -2.58. The highest BCUT2D eigenvalue weighted by Gasteiger charge is 2.42. The average Bonchev–Trinajstić information content (AvgIpc) is 3.05. The van der Waals surface area contributed by atoms with Crippen LogP contribution in [-0.4, -0.2) is 83.9 Å². The number of esters is 1. The van der Waals surface area contributed by atoms with Gasteiger partial charge in [-0.3, -0.25) is 14.2 Å². The fourth-order valence-electron chi connectivity index (χ4n) is 5.12. The van der Waals surface area contributed by atoms with Crippen LogP contribution >= 0.6 is 0 Å². The SMILES string of the molecule is CCN(CC)CCCNc1nc(-c2c(C)ccc(C(=O)NCCOC)c2OC(=O)C(F)(F)F)c2ccc(=O)n(-c3c(F)cccc3F)c2n1. The number of aryl methyl sites for hydroxylation is 1. The molecule has 0 aliphatic heterocycles. The number of fused-ring (bicyclic) bond motifs is 1. The summed E-state index contributed by atoms with van der Waals surface area (Å²) in [5, 5.41) is 5.45. The number of nitrogens with zero attached hydrogens (tertiary/aromatic N) is 4. The van der Waals surface area contributed by atoms with Gasteiger partial charge in [-0.1, -0.05) is 26.0 Å². The van der Waals surface area contributed by atoms with E-state index in [1.165, 1.54) is 32.2 Å². The lowest BCUT2D eigenvalue weighted by atomic mass is 9.97. The van der Waals surface area contributed by atoms with Crippen molar-refractivity contribution in [1.82, 2.24) is 24.8 Å². The second-order valence-corrected chi connectivity index (χ2v) is 10.8. The van der Waals surface area contributed by atoms with Crippen LogP contribution in [0.3, 0.4) is 0 Å². The quantitative estimate of drug-likeness (QED) is 0.0812. The highest BCUT2D eigenvalue weighted by atomic mass is 19.4. The lowest BCUT2D eigenvalue weighted by Crippen LogP contribution is -2.31. The molecule has 2 N–H and O–H groups in total. The molecule has 2 aromatic heterocycles. The van der Waals surface area contributed by atoms with Crippen LogP contribution in [0.2, 0.25) is 0 Å². The van der Waals surface area contributed by atoms with Gasteiger partial charge in [0, 0.05) is 37.2 Å². The largest absolute Gasteiger partial charge is 0.491 e. The second kappa shape index (κ2) is 16.0. The number of hydrogen-bond donors (Lipinski definition) is 2. The number of halogens is 5. The molecule has 0 saturated carbocycles. The van der Waals surface area contributed by atoms with Gasteiger partial charge in [0.1, 0.15) is 17.3 Å². The van der Waals surface area contributed by atoms with E-state index in [0.717, 1.165) is 37.4 Å². The first-order valence-corrected chi connectivity index (χ1v) is 15.4. The minimum absolute atomic E-state index is 0.0241. The number of methoxy groups -OCH3 is 1. The molecule has 2 heterocycles. The van der Waals surface area contributed by atoms with Crippen LogP contribution in [-0.2, 0) is 9.53 Å². The molecule has 0 fully saturated rings. The molecule has 2 aromatic carbocycles. The summed E-state index contributed by atoms with van der Waals surface area (Å²) in [6, 6.07) is 7.80. The summed E-state index contributed by atoms with van der Waals surface area (Å²) in [5.74, 6) is -6.60. The molecule has 4 aromatic rings. The van der Waals surface area contributed by atoms with Crippen molar-refractivity contribution >= 4 is 28.9 Å². The maximum Gasteiger partial charge on any atom is 0.491 e. The Kier molecular flexibility index (Phi) is 12.0. The van der Waals surface area contributed by atoms with Crippen LogP contribution in [0.4, 0.5) is 27.9 Å². The fraction of sp³-hybridized carbons (Fsp3) is 0.364. The third kappa shape index (κ3) is 8.37. The van der Waals surface area contributed by atoms with Gasteiger partial charge in [0.2, 0.25) is 5.95 Å². The van der Waals surface area contributed by atoms with Crippen LogP contribution in [0.5, 0.6) is 5.75 Å². The molecule has 0 unspecified atom stereocenters. The molecule has 0 bridgehead atoms. The number of amides is 1. The third-order valence-corrected chi connectivity index (χ3v) is 7.61. The van der Waals surface area contributed by atoms with Gasteiger partial charge in [-0.25, -0.2) is 18.6 Å². The van der Waals surface area contributed by atoms with Crippen LogP contribution in [0.1, 0.15) is 36.2 Å². The lowest BCUT2D eigenvalue weighted by Gasteiger charge is -2.20. The zero-order valence-electron chi connectivity index (χ0n) is 27.2. The molecule has 0 atom stereocenters. The number of para-hydroxylation sites is 1. The van der Waals surface area contributed by atoms with Crippen molar-refractivity contribution in [1.29, 1.82) is 0 Å². The van der Waals surface area contributed by atoms with E-state index in [-0.39, 0.29) is 47.0 Å². The standard InChI is InChI=1S/C33H35F5N6O5/c1-5-43(6-2)17-8-15-40-32-41-26(20-13-14-24(45)44(29(20)42-32)27-22(34)9-7-10-23(27)35)25-19(3)11-12-21(30(46)39-16-18-48-4)28(25)49-31(47)33(36,37)38/h7,9-14H,5-6,8,15-18H2,1-4H3,(H,39,46)(H,40,41,42). The molecule has 1 amide bonds. The molecule has 0 spiro atoms. The Labute approximate surface area is 278 Å². The zero-order valence-corrected chi connectivity index (χ0v) is 27.2. The Hall–Kier alpha value is -4.96. The van der Waals surface area contributed by atoms with Crippen molar-refractivity contribution in [3.63, 3.8) is 0 Å². The molecule has 49 heavy (non-hydrogen) atoms. The van der Waals surface area contributed by atoms with Gasteiger partial charge in [-0.2, -0.15) is 18.2 Å². The first-order chi connectivity index (χ1) is 23.3. The van der Waals surface area contributed by atoms with Crippen LogP contribution in [0.25, 0.3) is 28.0 Å². The Morgan fingerprint density at radius 1 is 0.980 bits per heavy atom. The number of pyridine rings is 1. The van der Waals surface area contributed by atoms with Gasteiger partial charge in [0.05, 0.1) is 17.9 Å². The molecule has 262 valence electrons. The number of rotatable bonds is 14. The molecule has 0 aliphatic rings. The number of benzene rings is 2. The predicted molar refractivity (Wildman–Crippen MR) is 172 cm³/mol. The van der Waals surface area contributed by atoms with E-state index in [9.17, 15) is 27.6 Å². The summed E-state index contributed by atoms with van der Waals surface area (Å²) < 4.78 is 81.5. The van der Waals surface area contributed by atoms with Crippen LogP contribution in [0.15, 0.2) is 47.3 Å². The first-order valence-electron chi connectivity index (χ1n) is 15.4. The second-order valence-electron chi connectivity index (χ2n) is 10.8. The van der Waals surface area contributed by atoms with Gasteiger partial charge in [0.25, 0.3) is 11.5 Å². The smallest absolute Gasteiger partial charge is 0.418 e. The van der Waals surface area contributed by atoms with Crippen LogP contribution < -0.4 is 20.9 Å². The maximum atomic E-state index is 15.1. The van der Waals surface area contributed by atoms with Crippen molar-refractivity contribution in [2.75, 3.05) is 51.8 Å². The zero-order chi connectivity index (χ0) is 35.9. The number of carbonyl (C=O) groups excluding carboxylic acids is 2. The number of carbonyl (C=O) groups is 2. The van der Waals surface area contributed by atoms with Crippen molar-refractivity contribution in [3.8, 4) is 22.7 Å². The number of alkyl halides is 3. The maximum absolute atomic E-state index is 15.1. The van der Waals surface area contributed by atoms with E-state index in [2.05, 4.69) is 25.5 Å². The number of aromatic nitrogens is 3. The highest BCUT2D eigenvalue weighted by Crippen LogP contribution is 2.40. The Balaban J connectivity index is 2.04. The van der Waals surface area contributed by atoms with E-state index >= 15 is 8.78 Å². The van der Waals surface area contributed by atoms with E-state index in [1.807, 2.05) is 13.8 Å². The minimum atomic E-state index is -5.45. The molecule has 0 saturated heterocycles. The number of nitrogens with one attached hydrogen (secondary N) is 2.